The van der Waals surface area contributed by atoms with E-state index in [1.54, 1.807) is 0 Å². The summed E-state index contributed by atoms with van der Waals surface area (Å²) in [6, 6.07) is 12.3. The smallest absolute Gasteiger partial charge is 0.311 e. The van der Waals surface area contributed by atoms with Crippen LogP contribution in [0.2, 0.25) is 0 Å². The van der Waals surface area contributed by atoms with E-state index in [4.69, 9.17) is 19.6 Å². The number of carbonyl (C=O) groups excluding carboxylic acids is 1. The quantitative estimate of drug-likeness (QED) is 0.411. The molecule has 38 heavy (non-hydrogen) atoms. The minimum atomic E-state index is -0.508. The summed E-state index contributed by atoms with van der Waals surface area (Å²) >= 11 is 0. The molecule has 0 aliphatic carbocycles. The van der Waals surface area contributed by atoms with Crippen LogP contribution in [-0.4, -0.2) is 78.0 Å². The van der Waals surface area contributed by atoms with Gasteiger partial charge in [-0.15, -0.1) is 5.10 Å². The molecular weight excluding hydrogens is 480 g/mol. The maximum Gasteiger partial charge on any atom is 0.311 e. The van der Waals surface area contributed by atoms with Gasteiger partial charge in [-0.25, -0.2) is 9.50 Å². The number of anilines is 2. The van der Waals surface area contributed by atoms with Crippen molar-refractivity contribution >= 4 is 23.0 Å². The van der Waals surface area contributed by atoms with Crippen LogP contribution in [0.5, 0.6) is 0 Å². The van der Waals surface area contributed by atoms with Gasteiger partial charge in [0.2, 0.25) is 0 Å². The molecule has 2 aliphatic heterocycles. The Bertz CT molecular complexity index is 1300. The van der Waals surface area contributed by atoms with Gasteiger partial charge < -0.3 is 24.2 Å². The van der Waals surface area contributed by atoms with Crippen LogP contribution in [-0.2, 0) is 14.3 Å². The van der Waals surface area contributed by atoms with Gasteiger partial charge in [0.1, 0.15) is 17.9 Å². The summed E-state index contributed by atoms with van der Waals surface area (Å²) in [5, 5.41) is 4.78. The summed E-state index contributed by atoms with van der Waals surface area (Å²) in [6.07, 6.45) is 4.78. The molecule has 3 aromatic rings. The molecule has 0 spiro atoms. The highest BCUT2D eigenvalue weighted by Gasteiger charge is 2.35. The van der Waals surface area contributed by atoms with Gasteiger partial charge in [-0.3, -0.25) is 4.79 Å². The molecule has 5 rings (SSSR count). The van der Waals surface area contributed by atoms with Crippen molar-refractivity contribution < 1.29 is 14.3 Å². The second-order valence-corrected chi connectivity index (χ2v) is 11.3. The lowest BCUT2D eigenvalue weighted by atomic mass is 9.97. The standard InChI is InChI=1S/C29H38N6O3/c1-20(32(5)16-17-37-28(36)29(2,3)4)33(6)22-11-9-21(10-12-22)26-30-27(25-8-7-15-35(25)31-26)34-18-23-13-14-24(19-34)38-23/h7-12,15,23-24H,1,13-14,16-19H2,2-6H3/t23-,24+. The average Bonchev–Trinajstić information content (AvgIpc) is 3.51. The van der Waals surface area contributed by atoms with Crippen LogP contribution in [0.3, 0.4) is 0 Å². The minimum absolute atomic E-state index is 0.204. The molecule has 2 atom stereocenters. The molecule has 0 radical (unpaired) electrons. The molecular formula is C29H38N6O3. The summed E-state index contributed by atoms with van der Waals surface area (Å²) < 4.78 is 13.4. The first-order valence-electron chi connectivity index (χ1n) is 13.3. The molecule has 1 aromatic carbocycles. The summed E-state index contributed by atoms with van der Waals surface area (Å²) in [5.41, 5.74) is 2.44. The molecule has 2 fully saturated rings. The Hall–Kier alpha value is -3.59. The minimum Gasteiger partial charge on any atom is -0.463 e. The Morgan fingerprint density at radius 3 is 2.47 bits per heavy atom. The highest BCUT2D eigenvalue weighted by atomic mass is 16.5. The van der Waals surface area contributed by atoms with E-state index in [0.29, 0.717) is 19.0 Å². The van der Waals surface area contributed by atoms with Gasteiger partial charge in [0.05, 0.1) is 24.2 Å². The lowest BCUT2D eigenvalue weighted by molar-refractivity contribution is -0.153. The molecule has 9 nitrogen and oxygen atoms in total. The Morgan fingerprint density at radius 1 is 1.13 bits per heavy atom. The Morgan fingerprint density at radius 2 is 1.82 bits per heavy atom. The van der Waals surface area contributed by atoms with Gasteiger partial charge in [-0.2, -0.15) is 0 Å². The van der Waals surface area contributed by atoms with Crippen molar-refractivity contribution in [3.05, 3.63) is 55.0 Å². The van der Waals surface area contributed by atoms with Gasteiger partial charge in [0.25, 0.3) is 0 Å². The molecule has 4 heterocycles. The van der Waals surface area contributed by atoms with Crippen molar-refractivity contribution in [3.8, 4) is 11.4 Å². The molecule has 2 bridgehead atoms. The third-order valence-corrected chi connectivity index (χ3v) is 7.33. The van der Waals surface area contributed by atoms with E-state index in [-0.39, 0.29) is 18.2 Å². The lowest BCUT2D eigenvalue weighted by Crippen LogP contribution is -2.43. The molecule has 2 aromatic heterocycles. The topological polar surface area (TPSA) is 75.4 Å². The largest absolute Gasteiger partial charge is 0.463 e. The first-order chi connectivity index (χ1) is 18.1. The van der Waals surface area contributed by atoms with E-state index < -0.39 is 5.41 Å². The normalized spacial score (nSPS) is 19.0. The van der Waals surface area contributed by atoms with Crippen molar-refractivity contribution in [2.45, 2.75) is 45.8 Å². The number of hydrogen-bond donors (Lipinski definition) is 0. The SMILES string of the molecule is C=C(N(C)CCOC(=O)C(C)(C)C)N(C)c1ccc(-c2nc(N3C[C@H]4CC[C@@H](C3)O4)c3cccn3n2)cc1. The molecule has 2 saturated heterocycles. The predicted molar refractivity (Wildman–Crippen MR) is 149 cm³/mol. The van der Waals surface area contributed by atoms with Crippen LogP contribution in [0.1, 0.15) is 33.6 Å². The van der Waals surface area contributed by atoms with Crippen molar-refractivity contribution in [2.24, 2.45) is 5.41 Å². The zero-order valence-electron chi connectivity index (χ0n) is 23.1. The third-order valence-electron chi connectivity index (χ3n) is 7.33. The molecule has 0 N–H and O–H groups in total. The van der Waals surface area contributed by atoms with Gasteiger partial charge in [-0.05, 0) is 70.0 Å². The summed E-state index contributed by atoms with van der Waals surface area (Å²) in [4.78, 5) is 23.4. The molecule has 9 heteroatoms. The van der Waals surface area contributed by atoms with Crippen molar-refractivity contribution in [1.29, 1.82) is 0 Å². The van der Waals surface area contributed by atoms with Gasteiger partial charge in [0.15, 0.2) is 11.6 Å². The predicted octanol–water partition coefficient (Wildman–Crippen LogP) is 4.19. The summed E-state index contributed by atoms with van der Waals surface area (Å²) in [5.74, 6) is 2.25. The molecule has 0 amide bonds. The summed E-state index contributed by atoms with van der Waals surface area (Å²) in [7, 11) is 3.92. The van der Waals surface area contributed by atoms with Crippen LogP contribution in [0.15, 0.2) is 55.0 Å². The monoisotopic (exact) mass is 518 g/mol. The van der Waals surface area contributed by atoms with E-state index >= 15 is 0 Å². The van der Waals surface area contributed by atoms with Crippen molar-refractivity contribution in [3.63, 3.8) is 0 Å². The summed E-state index contributed by atoms with van der Waals surface area (Å²) in [6.45, 7) is 12.4. The number of hydrogen-bond acceptors (Lipinski definition) is 8. The molecule has 202 valence electrons. The average molecular weight is 519 g/mol. The second kappa shape index (κ2) is 10.3. The van der Waals surface area contributed by atoms with Crippen molar-refractivity contribution in [2.75, 3.05) is 50.1 Å². The maximum absolute atomic E-state index is 12.0. The van der Waals surface area contributed by atoms with Crippen molar-refractivity contribution in [1.82, 2.24) is 19.5 Å². The fourth-order valence-electron chi connectivity index (χ4n) is 4.92. The Balaban J connectivity index is 1.28. The number of nitrogens with zero attached hydrogens (tertiary/aromatic N) is 6. The molecule has 0 saturated carbocycles. The number of fused-ring (bicyclic) bond motifs is 3. The third kappa shape index (κ3) is 5.34. The first kappa shape index (κ1) is 26.0. The highest BCUT2D eigenvalue weighted by Crippen LogP contribution is 2.32. The van der Waals surface area contributed by atoms with E-state index in [1.165, 1.54) is 0 Å². The molecule has 0 unspecified atom stereocenters. The second-order valence-electron chi connectivity index (χ2n) is 11.3. The highest BCUT2D eigenvalue weighted by molar-refractivity contribution is 5.75. The maximum atomic E-state index is 12.0. The van der Waals surface area contributed by atoms with Gasteiger partial charge >= 0.3 is 5.97 Å². The molecule has 2 aliphatic rings. The Kier molecular flexibility index (Phi) is 7.05. The number of benzene rings is 1. The van der Waals surface area contributed by atoms with Crippen LogP contribution in [0.4, 0.5) is 11.5 Å². The number of morpholine rings is 1. The lowest BCUT2D eigenvalue weighted by Gasteiger charge is -2.33. The van der Waals surface area contributed by atoms with E-state index in [1.807, 2.05) is 85.7 Å². The number of ether oxygens (including phenoxy) is 2. The number of esters is 1. The van der Waals surface area contributed by atoms with Crippen LogP contribution in [0.25, 0.3) is 16.9 Å². The zero-order valence-corrected chi connectivity index (χ0v) is 23.1. The van der Waals surface area contributed by atoms with Crippen LogP contribution < -0.4 is 9.80 Å². The Labute approximate surface area is 224 Å². The fraction of sp³-hybridized carbons (Fsp3) is 0.483. The first-order valence-corrected chi connectivity index (χ1v) is 13.3. The fourth-order valence-corrected chi connectivity index (χ4v) is 4.92. The zero-order chi connectivity index (χ0) is 27.0. The number of rotatable bonds is 8. The van der Waals surface area contributed by atoms with Crippen LogP contribution >= 0.6 is 0 Å². The number of likely N-dealkylation sites (N-methyl/N-ethyl adjacent to an activating group) is 1. The number of aromatic nitrogens is 3. The van der Waals surface area contributed by atoms with Gasteiger partial charge in [0, 0.05) is 44.6 Å². The number of carbonyl (C=O) groups is 1. The van der Waals surface area contributed by atoms with Crippen LogP contribution in [0, 0.1) is 5.41 Å². The van der Waals surface area contributed by atoms with E-state index in [9.17, 15) is 4.79 Å². The van der Waals surface area contributed by atoms with E-state index in [2.05, 4.69) is 17.5 Å². The van der Waals surface area contributed by atoms with E-state index in [0.717, 1.165) is 54.3 Å². The van der Waals surface area contributed by atoms with Gasteiger partial charge in [-0.1, -0.05) is 6.58 Å².